The fourth-order valence-electron chi connectivity index (χ4n) is 0.591. The second-order valence-electron chi connectivity index (χ2n) is 1.75. The zero-order chi connectivity index (χ0) is 7.56. The molecule has 0 fully saturated rings. The van der Waals surface area contributed by atoms with Crippen molar-refractivity contribution in [3.63, 3.8) is 0 Å². The van der Waals surface area contributed by atoms with Gasteiger partial charge < -0.3 is 0 Å². The third-order valence-corrected chi connectivity index (χ3v) is 2.63. The Kier molecular flexibility index (Phi) is 2.98. The summed E-state index contributed by atoms with van der Waals surface area (Å²) < 4.78 is 2.28. The molecule has 0 aliphatic carbocycles. The average Bonchev–Trinajstić information content (AvgIpc) is 1.88. The lowest BCUT2D eigenvalue weighted by Gasteiger charge is -1.94. The summed E-state index contributed by atoms with van der Waals surface area (Å²) in [6.07, 6.45) is 6.90. The predicted octanol–water partition coefficient (Wildman–Crippen LogP) is 2.83. The Labute approximate surface area is 87.7 Å². The van der Waals surface area contributed by atoms with Gasteiger partial charge in [-0.2, -0.15) is 0 Å². The molecule has 0 unspecified atom stereocenters. The molecular formula is C8H3I2. The summed E-state index contributed by atoms with van der Waals surface area (Å²) in [6, 6.07) is 5.90. The Morgan fingerprint density at radius 3 is 2.50 bits per heavy atom. The van der Waals surface area contributed by atoms with Crippen LogP contribution in [0.3, 0.4) is 0 Å². The normalized spacial score (nSPS) is 8.90. The van der Waals surface area contributed by atoms with Gasteiger partial charge in [-0.1, -0.05) is 5.92 Å². The van der Waals surface area contributed by atoms with Crippen LogP contribution in [-0.4, -0.2) is 0 Å². The molecule has 1 aromatic rings. The van der Waals surface area contributed by atoms with Crippen molar-refractivity contribution < 1.29 is 0 Å². The van der Waals surface area contributed by atoms with E-state index >= 15 is 0 Å². The minimum atomic E-state index is 0.862. The highest BCUT2D eigenvalue weighted by Crippen LogP contribution is 2.14. The first-order valence-corrected chi connectivity index (χ1v) is 4.77. The van der Waals surface area contributed by atoms with Crippen molar-refractivity contribution >= 4 is 45.2 Å². The van der Waals surface area contributed by atoms with Crippen LogP contribution in [0.2, 0.25) is 0 Å². The lowest BCUT2D eigenvalue weighted by molar-refractivity contribution is 1.54. The van der Waals surface area contributed by atoms with Gasteiger partial charge in [0.15, 0.2) is 0 Å². The predicted molar refractivity (Wildman–Crippen MR) is 58.1 cm³/mol. The standard InChI is InChI=1S/C8H3I2/c1-2-6-3-4-7(9)5-8(6)10/h3-5H. The van der Waals surface area contributed by atoms with E-state index in [9.17, 15) is 0 Å². The van der Waals surface area contributed by atoms with E-state index in [0.29, 0.717) is 0 Å². The first-order valence-electron chi connectivity index (χ1n) is 2.62. The van der Waals surface area contributed by atoms with E-state index < -0.39 is 0 Å². The van der Waals surface area contributed by atoms with E-state index in [1.54, 1.807) is 0 Å². The first-order chi connectivity index (χ1) is 4.74. The van der Waals surface area contributed by atoms with Crippen LogP contribution in [0.4, 0.5) is 0 Å². The van der Waals surface area contributed by atoms with Crippen molar-refractivity contribution in [3.8, 4) is 5.92 Å². The van der Waals surface area contributed by atoms with Gasteiger partial charge in [0, 0.05) is 12.7 Å². The third kappa shape index (κ3) is 1.86. The average molecular weight is 353 g/mol. The largest absolute Gasteiger partial charge is 0.0517 e. The van der Waals surface area contributed by atoms with Gasteiger partial charge in [-0.15, -0.1) is 0 Å². The Balaban J connectivity index is 3.23. The van der Waals surface area contributed by atoms with Crippen molar-refractivity contribution in [1.82, 2.24) is 0 Å². The minimum Gasteiger partial charge on any atom is -0.0517 e. The first kappa shape index (κ1) is 8.34. The van der Waals surface area contributed by atoms with Gasteiger partial charge in [-0.25, -0.2) is 0 Å². The summed E-state index contributed by atoms with van der Waals surface area (Å²) in [5.74, 6) is 2.36. The van der Waals surface area contributed by atoms with E-state index in [2.05, 4.69) is 51.1 Å². The molecule has 0 aromatic heterocycles. The van der Waals surface area contributed by atoms with Gasteiger partial charge in [-0.05, 0) is 69.8 Å². The maximum Gasteiger partial charge on any atom is 0.0389 e. The van der Waals surface area contributed by atoms with Gasteiger partial charge >= 0.3 is 0 Å². The molecule has 1 aromatic carbocycles. The molecule has 0 N–H and O–H groups in total. The third-order valence-electron chi connectivity index (χ3n) is 1.07. The highest BCUT2D eigenvalue weighted by Gasteiger charge is 1.94. The quantitative estimate of drug-likeness (QED) is 0.497. The Morgan fingerprint density at radius 1 is 1.30 bits per heavy atom. The fraction of sp³-hybridized carbons (Fsp3) is 0. The van der Waals surface area contributed by atoms with Crippen LogP contribution in [0.25, 0.3) is 0 Å². The topological polar surface area (TPSA) is 0 Å². The van der Waals surface area contributed by atoms with Crippen molar-refractivity contribution in [2.45, 2.75) is 0 Å². The van der Waals surface area contributed by atoms with Gasteiger partial charge in [0.1, 0.15) is 0 Å². The molecular weight excluding hydrogens is 350 g/mol. The molecule has 0 nitrogen and oxygen atoms in total. The van der Waals surface area contributed by atoms with Gasteiger partial charge in [0.25, 0.3) is 0 Å². The van der Waals surface area contributed by atoms with Gasteiger partial charge in [0.05, 0.1) is 0 Å². The highest BCUT2D eigenvalue weighted by atomic mass is 127. The van der Waals surface area contributed by atoms with E-state index in [1.807, 2.05) is 18.2 Å². The molecule has 2 heteroatoms. The molecule has 0 aliphatic heterocycles. The summed E-state index contributed by atoms with van der Waals surface area (Å²) in [5, 5.41) is 0. The van der Waals surface area contributed by atoms with E-state index in [4.69, 9.17) is 6.42 Å². The summed E-state index contributed by atoms with van der Waals surface area (Å²) in [4.78, 5) is 0. The molecule has 10 heavy (non-hydrogen) atoms. The summed E-state index contributed by atoms with van der Waals surface area (Å²) >= 11 is 4.44. The van der Waals surface area contributed by atoms with Crippen LogP contribution >= 0.6 is 45.2 Å². The molecule has 1 rings (SSSR count). The summed E-state index contributed by atoms with van der Waals surface area (Å²) in [5.41, 5.74) is 0.862. The van der Waals surface area contributed by atoms with Crippen molar-refractivity contribution in [3.05, 3.63) is 37.3 Å². The molecule has 0 aliphatic rings. The number of rotatable bonds is 0. The zero-order valence-electron chi connectivity index (χ0n) is 4.99. The molecule has 0 amide bonds. The van der Waals surface area contributed by atoms with Crippen LogP contribution in [0.5, 0.6) is 0 Å². The number of hydrogen-bond acceptors (Lipinski definition) is 0. The smallest absolute Gasteiger partial charge is 0.0389 e. The number of halogens is 2. The molecule has 0 bridgehead atoms. The van der Waals surface area contributed by atoms with Gasteiger partial charge in [0.2, 0.25) is 0 Å². The second-order valence-corrected chi connectivity index (χ2v) is 4.16. The van der Waals surface area contributed by atoms with Crippen molar-refractivity contribution in [1.29, 1.82) is 0 Å². The van der Waals surface area contributed by atoms with Crippen LogP contribution in [0, 0.1) is 19.5 Å². The maximum atomic E-state index is 6.90. The highest BCUT2D eigenvalue weighted by molar-refractivity contribution is 14.1. The number of hydrogen-bond donors (Lipinski definition) is 0. The molecule has 0 saturated heterocycles. The van der Waals surface area contributed by atoms with E-state index in [1.165, 1.54) is 3.57 Å². The zero-order valence-corrected chi connectivity index (χ0v) is 9.30. The fourth-order valence-corrected chi connectivity index (χ4v) is 2.33. The Bertz CT molecular complexity index is 284. The van der Waals surface area contributed by atoms with E-state index in [-0.39, 0.29) is 0 Å². The lowest BCUT2D eigenvalue weighted by atomic mass is 10.2. The van der Waals surface area contributed by atoms with Gasteiger partial charge in [-0.3, -0.25) is 0 Å². The molecule has 0 atom stereocenters. The van der Waals surface area contributed by atoms with Crippen molar-refractivity contribution in [2.75, 3.05) is 0 Å². The van der Waals surface area contributed by atoms with Crippen molar-refractivity contribution in [2.24, 2.45) is 0 Å². The minimum absolute atomic E-state index is 0.862. The molecule has 1 radical (unpaired) electrons. The number of benzene rings is 1. The SMILES string of the molecule is [C]#Cc1ccc(I)cc1I. The summed E-state index contributed by atoms with van der Waals surface area (Å²) in [6.45, 7) is 0. The van der Waals surface area contributed by atoms with E-state index in [0.717, 1.165) is 9.13 Å². The lowest BCUT2D eigenvalue weighted by Crippen LogP contribution is -1.80. The molecule has 0 heterocycles. The van der Waals surface area contributed by atoms with Crippen LogP contribution < -0.4 is 0 Å². The van der Waals surface area contributed by atoms with Crippen LogP contribution in [0.1, 0.15) is 5.56 Å². The second kappa shape index (κ2) is 3.58. The Morgan fingerprint density at radius 2 is 2.00 bits per heavy atom. The molecule has 0 spiro atoms. The Hall–Kier alpha value is 0.240. The monoisotopic (exact) mass is 353 g/mol. The van der Waals surface area contributed by atoms with Crippen LogP contribution in [0.15, 0.2) is 18.2 Å². The summed E-state index contributed by atoms with van der Waals surface area (Å²) in [7, 11) is 0. The molecule has 0 saturated carbocycles. The maximum absolute atomic E-state index is 6.90. The molecule has 49 valence electrons. The van der Waals surface area contributed by atoms with Crippen LogP contribution in [-0.2, 0) is 0 Å².